The number of aromatic nitrogens is 1. The number of carbonyl (C=O) groups excluding carboxylic acids is 1. The summed E-state index contributed by atoms with van der Waals surface area (Å²) in [7, 11) is 0. The standard InChI is InChI=1S/C17H19N3O3S/c1-3-19(4-2)17(21)14-5-6-16(15(11-14)20(22)23)24-12-13-7-9-18-10-8-13/h5-11H,3-4,12H2,1-2H3. The second-order valence-electron chi connectivity index (χ2n) is 5.06. The molecule has 1 aromatic carbocycles. The number of rotatable bonds is 7. The zero-order valence-electron chi connectivity index (χ0n) is 13.6. The van der Waals surface area contributed by atoms with E-state index in [1.165, 1.54) is 17.8 Å². The fraction of sp³-hybridized carbons (Fsp3) is 0.294. The average Bonchev–Trinajstić information content (AvgIpc) is 2.61. The van der Waals surface area contributed by atoms with Crippen LogP contribution in [0.3, 0.4) is 0 Å². The molecule has 0 radical (unpaired) electrons. The molecule has 0 N–H and O–H groups in total. The lowest BCUT2D eigenvalue weighted by molar-refractivity contribution is -0.387. The van der Waals surface area contributed by atoms with E-state index in [0.29, 0.717) is 29.3 Å². The van der Waals surface area contributed by atoms with Gasteiger partial charge in [-0.15, -0.1) is 11.8 Å². The monoisotopic (exact) mass is 345 g/mol. The van der Waals surface area contributed by atoms with Crippen molar-refractivity contribution in [3.63, 3.8) is 0 Å². The Kier molecular flexibility index (Phi) is 6.31. The number of hydrogen-bond acceptors (Lipinski definition) is 5. The molecule has 24 heavy (non-hydrogen) atoms. The molecular weight excluding hydrogens is 326 g/mol. The average molecular weight is 345 g/mol. The van der Waals surface area contributed by atoms with Gasteiger partial charge in [-0.2, -0.15) is 0 Å². The molecule has 2 rings (SSSR count). The van der Waals surface area contributed by atoms with Crippen LogP contribution in [0.2, 0.25) is 0 Å². The molecule has 0 atom stereocenters. The summed E-state index contributed by atoms with van der Waals surface area (Å²) in [5.74, 6) is 0.418. The van der Waals surface area contributed by atoms with Gasteiger partial charge in [0.25, 0.3) is 11.6 Å². The predicted octanol–water partition coefficient (Wildman–Crippen LogP) is 3.76. The van der Waals surface area contributed by atoms with Gasteiger partial charge in [0.05, 0.1) is 9.82 Å². The van der Waals surface area contributed by atoms with Crippen LogP contribution in [0, 0.1) is 10.1 Å². The predicted molar refractivity (Wildman–Crippen MR) is 94.1 cm³/mol. The maximum absolute atomic E-state index is 12.4. The highest BCUT2D eigenvalue weighted by atomic mass is 32.2. The van der Waals surface area contributed by atoms with E-state index >= 15 is 0 Å². The molecule has 6 nitrogen and oxygen atoms in total. The highest BCUT2D eigenvalue weighted by Gasteiger charge is 2.20. The van der Waals surface area contributed by atoms with Gasteiger partial charge in [-0.1, -0.05) is 0 Å². The Labute approximate surface area is 145 Å². The molecule has 0 bridgehead atoms. The van der Waals surface area contributed by atoms with E-state index in [2.05, 4.69) is 4.98 Å². The third-order valence-corrected chi connectivity index (χ3v) is 4.73. The fourth-order valence-corrected chi connectivity index (χ4v) is 3.21. The molecule has 1 aromatic heterocycles. The summed E-state index contributed by atoms with van der Waals surface area (Å²) in [5, 5.41) is 11.4. The van der Waals surface area contributed by atoms with Gasteiger partial charge < -0.3 is 4.90 Å². The molecule has 2 aromatic rings. The number of nitrogens with zero attached hydrogens (tertiary/aromatic N) is 3. The Balaban J connectivity index is 2.23. The van der Waals surface area contributed by atoms with Crippen molar-refractivity contribution >= 4 is 23.4 Å². The van der Waals surface area contributed by atoms with E-state index in [-0.39, 0.29) is 11.6 Å². The number of nitro benzene ring substituents is 1. The van der Waals surface area contributed by atoms with E-state index in [1.54, 1.807) is 29.4 Å². The minimum atomic E-state index is -0.437. The molecule has 0 unspecified atom stereocenters. The summed E-state index contributed by atoms with van der Waals surface area (Å²) in [6, 6.07) is 8.42. The van der Waals surface area contributed by atoms with Crippen LogP contribution < -0.4 is 0 Å². The summed E-state index contributed by atoms with van der Waals surface area (Å²) in [6.07, 6.45) is 3.38. The van der Waals surface area contributed by atoms with Crippen LogP contribution in [-0.4, -0.2) is 33.8 Å². The molecule has 0 aliphatic rings. The van der Waals surface area contributed by atoms with Crippen molar-refractivity contribution in [2.75, 3.05) is 13.1 Å². The topological polar surface area (TPSA) is 76.3 Å². The van der Waals surface area contributed by atoms with Crippen molar-refractivity contribution in [2.45, 2.75) is 24.5 Å². The Hall–Kier alpha value is -2.41. The van der Waals surface area contributed by atoms with Gasteiger partial charge in [-0.25, -0.2) is 0 Å². The molecule has 7 heteroatoms. The minimum absolute atomic E-state index is 0.0351. The van der Waals surface area contributed by atoms with E-state index in [4.69, 9.17) is 0 Å². The normalized spacial score (nSPS) is 10.4. The van der Waals surface area contributed by atoms with Gasteiger partial charge in [0.1, 0.15) is 0 Å². The molecule has 0 saturated heterocycles. The molecule has 0 saturated carbocycles. The lowest BCUT2D eigenvalue weighted by Gasteiger charge is -2.18. The van der Waals surface area contributed by atoms with Crippen LogP contribution in [0.1, 0.15) is 29.8 Å². The number of carbonyl (C=O) groups is 1. The van der Waals surface area contributed by atoms with E-state index in [0.717, 1.165) is 5.56 Å². The number of pyridine rings is 1. The third-order valence-electron chi connectivity index (χ3n) is 3.60. The van der Waals surface area contributed by atoms with Crippen molar-refractivity contribution in [3.05, 3.63) is 64.0 Å². The summed E-state index contributed by atoms with van der Waals surface area (Å²) in [6.45, 7) is 4.91. The van der Waals surface area contributed by atoms with Gasteiger partial charge in [0.2, 0.25) is 0 Å². The lowest BCUT2D eigenvalue weighted by atomic mass is 10.1. The van der Waals surface area contributed by atoms with Gasteiger partial charge >= 0.3 is 0 Å². The van der Waals surface area contributed by atoms with Crippen LogP contribution in [0.15, 0.2) is 47.6 Å². The highest BCUT2D eigenvalue weighted by molar-refractivity contribution is 7.98. The first-order chi connectivity index (χ1) is 11.6. The van der Waals surface area contributed by atoms with E-state index < -0.39 is 4.92 Å². The second-order valence-corrected chi connectivity index (χ2v) is 6.08. The van der Waals surface area contributed by atoms with Crippen LogP contribution in [0.5, 0.6) is 0 Å². The SMILES string of the molecule is CCN(CC)C(=O)c1ccc(SCc2ccncc2)c([N+](=O)[O-])c1. The first kappa shape index (κ1) is 17.9. The van der Waals surface area contributed by atoms with Gasteiger partial charge in [0, 0.05) is 42.9 Å². The Morgan fingerprint density at radius 2 is 1.88 bits per heavy atom. The summed E-state index contributed by atoms with van der Waals surface area (Å²) >= 11 is 1.37. The summed E-state index contributed by atoms with van der Waals surface area (Å²) < 4.78 is 0. The zero-order chi connectivity index (χ0) is 17.5. The highest BCUT2D eigenvalue weighted by Crippen LogP contribution is 2.32. The molecule has 0 aliphatic carbocycles. The molecule has 1 heterocycles. The number of hydrogen-bond donors (Lipinski definition) is 0. The number of thioether (sulfide) groups is 1. The largest absolute Gasteiger partial charge is 0.339 e. The maximum Gasteiger partial charge on any atom is 0.283 e. The Bertz CT molecular complexity index is 718. The summed E-state index contributed by atoms with van der Waals surface area (Å²) in [4.78, 5) is 29.4. The number of nitro groups is 1. The van der Waals surface area contributed by atoms with Gasteiger partial charge in [0.15, 0.2) is 0 Å². The van der Waals surface area contributed by atoms with Crippen LogP contribution in [-0.2, 0) is 5.75 Å². The quantitative estimate of drug-likeness (QED) is 0.434. The van der Waals surface area contributed by atoms with Crippen molar-refractivity contribution < 1.29 is 9.72 Å². The Morgan fingerprint density at radius 1 is 1.21 bits per heavy atom. The molecule has 0 spiro atoms. The third kappa shape index (κ3) is 4.32. The van der Waals surface area contributed by atoms with E-state index in [9.17, 15) is 14.9 Å². The lowest BCUT2D eigenvalue weighted by Crippen LogP contribution is -2.30. The Morgan fingerprint density at radius 3 is 2.46 bits per heavy atom. The van der Waals surface area contributed by atoms with Crippen molar-refractivity contribution in [3.8, 4) is 0 Å². The second kappa shape index (κ2) is 8.44. The zero-order valence-corrected chi connectivity index (χ0v) is 14.5. The molecule has 1 amide bonds. The van der Waals surface area contributed by atoms with Crippen molar-refractivity contribution in [2.24, 2.45) is 0 Å². The van der Waals surface area contributed by atoms with Crippen molar-refractivity contribution in [1.82, 2.24) is 9.88 Å². The van der Waals surface area contributed by atoms with Crippen LogP contribution >= 0.6 is 11.8 Å². The molecule has 126 valence electrons. The number of benzene rings is 1. The first-order valence-corrected chi connectivity index (χ1v) is 8.64. The van der Waals surface area contributed by atoms with Crippen LogP contribution in [0.25, 0.3) is 0 Å². The van der Waals surface area contributed by atoms with Gasteiger partial charge in [-0.05, 0) is 43.7 Å². The maximum atomic E-state index is 12.4. The van der Waals surface area contributed by atoms with Crippen LogP contribution in [0.4, 0.5) is 5.69 Å². The van der Waals surface area contributed by atoms with Crippen molar-refractivity contribution in [1.29, 1.82) is 0 Å². The number of amides is 1. The fourth-order valence-electron chi connectivity index (χ4n) is 2.25. The molecular formula is C17H19N3O3S. The minimum Gasteiger partial charge on any atom is -0.339 e. The molecule has 0 aliphatic heterocycles. The van der Waals surface area contributed by atoms with E-state index in [1.807, 2.05) is 26.0 Å². The first-order valence-electron chi connectivity index (χ1n) is 7.66. The summed E-state index contributed by atoms with van der Waals surface area (Å²) in [5.41, 5.74) is 1.35. The smallest absolute Gasteiger partial charge is 0.283 e. The van der Waals surface area contributed by atoms with Gasteiger partial charge in [-0.3, -0.25) is 19.9 Å². The molecule has 0 fully saturated rings.